The van der Waals surface area contributed by atoms with E-state index in [1.807, 2.05) is 85.1 Å². The SMILES string of the molecule is Nc1ccc(-c2ccc(-c3cc(-c4cccc(-c5nc(-c6ccccc6)nc(-c6ccccc6)n5)c4)c4ncccc4c3)cc2)cc1. The molecule has 5 nitrogen and oxygen atoms in total. The van der Waals surface area contributed by atoms with E-state index in [0.29, 0.717) is 17.5 Å². The van der Waals surface area contributed by atoms with E-state index in [1.54, 1.807) is 0 Å². The minimum atomic E-state index is 0.617. The summed E-state index contributed by atoms with van der Waals surface area (Å²) >= 11 is 0. The maximum atomic E-state index is 5.90. The Hall–Kier alpha value is -6.46. The van der Waals surface area contributed by atoms with Crippen molar-refractivity contribution in [2.75, 3.05) is 5.73 Å². The van der Waals surface area contributed by atoms with Gasteiger partial charge in [0.25, 0.3) is 0 Å². The van der Waals surface area contributed by atoms with E-state index in [9.17, 15) is 0 Å². The second-order valence-electron chi connectivity index (χ2n) is 11.4. The molecule has 0 unspecified atom stereocenters. The molecule has 0 radical (unpaired) electrons. The molecule has 0 aliphatic rings. The summed E-state index contributed by atoms with van der Waals surface area (Å²) in [7, 11) is 0. The Morgan fingerprint density at radius 3 is 1.49 bits per heavy atom. The number of nitrogens with two attached hydrogens (primary N) is 1. The van der Waals surface area contributed by atoms with Gasteiger partial charge >= 0.3 is 0 Å². The van der Waals surface area contributed by atoms with Crippen molar-refractivity contribution in [3.05, 3.63) is 164 Å². The van der Waals surface area contributed by atoms with Gasteiger partial charge in [-0.1, -0.05) is 121 Å². The third kappa shape index (κ3) is 5.74. The fraction of sp³-hybridized carbons (Fsp3) is 0. The van der Waals surface area contributed by atoms with Crippen molar-refractivity contribution in [3.63, 3.8) is 0 Å². The Balaban J connectivity index is 1.23. The van der Waals surface area contributed by atoms with Crippen molar-refractivity contribution in [2.24, 2.45) is 0 Å². The molecule has 5 heteroatoms. The van der Waals surface area contributed by atoms with Crippen molar-refractivity contribution in [1.29, 1.82) is 0 Å². The average Bonchev–Trinajstić information content (AvgIpc) is 3.15. The molecule has 0 saturated carbocycles. The molecule has 2 aromatic heterocycles. The van der Waals surface area contributed by atoms with Crippen LogP contribution in [0.25, 0.3) is 78.4 Å². The fourth-order valence-electron chi connectivity index (χ4n) is 5.87. The fourth-order valence-corrected chi connectivity index (χ4v) is 5.87. The van der Waals surface area contributed by atoms with E-state index in [-0.39, 0.29) is 0 Å². The highest BCUT2D eigenvalue weighted by Gasteiger charge is 2.15. The van der Waals surface area contributed by atoms with Gasteiger partial charge in [-0.05, 0) is 64.2 Å². The Bertz CT molecular complexity index is 2280. The third-order valence-electron chi connectivity index (χ3n) is 8.30. The first-order valence-corrected chi connectivity index (χ1v) is 15.5. The van der Waals surface area contributed by atoms with Crippen LogP contribution >= 0.6 is 0 Å². The van der Waals surface area contributed by atoms with Crippen molar-refractivity contribution < 1.29 is 0 Å². The quantitative estimate of drug-likeness (QED) is 0.191. The third-order valence-corrected chi connectivity index (χ3v) is 8.30. The van der Waals surface area contributed by atoms with Crippen LogP contribution < -0.4 is 5.73 Å². The molecule has 0 bridgehead atoms. The predicted octanol–water partition coefficient (Wildman–Crippen LogP) is 10.0. The van der Waals surface area contributed by atoms with Crippen LogP contribution in [0.4, 0.5) is 5.69 Å². The number of nitrogens with zero attached hydrogens (tertiary/aromatic N) is 4. The summed E-state index contributed by atoms with van der Waals surface area (Å²) in [4.78, 5) is 19.6. The molecule has 2 heterocycles. The lowest BCUT2D eigenvalue weighted by Gasteiger charge is -2.13. The van der Waals surface area contributed by atoms with Gasteiger partial charge in [0.05, 0.1) is 5.52 Å². The van der Waals surface area contributed by atoms with Crippen LogP contribution in [-0.4, -0.2) is 19.9 Å². The minimum absolute atomic E-state index is 0.617. The van der Waals surface area contributed by atoms with Gasteiger partial charge < -0.3 is 5.73 Å². The largest absolute Gasteiger partial charge is 0.399 e. The number of nitrogen functional groups attached to an aromatic ring is 1. The molecule has 0 amide bonds. The highest BCUT2D eigenvalue weighted by molar-refractivity contribution is 5.98. The molecule has 47 heavy (non-hydrogen) atoms. The molecule has 6 aromatic carbocycles. The van der Waals surface area contributed by atoms with Gasteiger partial charge in [-0.15, -0.1) is 0 Å². The predicted molar refractivity (Wildman–Crippen MR) is 192 cm³/mol. The summed E-state index contributed by atoms with van der Waals surface area (Å²) in [5.41, 5.74) is 17.0. The zero-order valence-electron chi connectivity index (χ0n) is 25.5. The number of benzene rings is 6. The van der Waals surface area contributed by atoms with Gasteiger partial charge in [-0.25, -0.2) is 15.0 Å². The van der Waals surface area contributed by atoms with Crippen molar-refractivity contribution in [1.82, 2.24) is 19.9 Å². The number of anilines is 1. The first-order chi connectivity index (χ1) is 23.2. The Labute approximate surface area is 273 Å². The van der Waals surface area contributed by atoms with Crippen LogP contribution in [0.15, 0.2) is 164 Å². The van der Waals surface area contributed by atoms with Gasteiger partial charge in [-0.3, -0.25) is 4.98 Å². The van der Waals surface area contributed by atoms with Crippen LogP contribution in [-0.2, 0) is 0 Å². The monoisotopic (exact) mass is 603 g/mol. The number of fused-ring (bicyclic) bond motifs is 1. The Morgan fingerprint density at radius 2 is 0.872 bits per heavy atom. The summed E-state index contributed by atoms with van der Waals surface area (Å²) in [6, 6.07) is 53.6. The normalized spacial score (nSPS) is 11.1. The topological polar surface area (TPSA) is 77.6 Å². The summed E-state index contributed by atoms with van der Waals surface area (Å²) in [5, 5.41) is 1.07. The van der Waals surface area contributed by atoms with Gasteiger partial charge in [0.15, 0.2) is 17.5 Å². The lowest BCUT2D eigenvalue weighted by atomic mass is 9.94. The molecule has 0 aliphatic carbocycles. The summed E-state index contributed by atoms with van der Waals surface area (Å²) in [6.45, 7) is 0. The molecule has 0 saturated heterocycles. The van der Waals surface area contributed by atoms with Crippen LogP contribution in [0, 0.1) is 0 Å². The molecular weight excluding hydrogens is 574 g/mol. The lowest BCUT2D eigenvalue weighted by molar-refractivity contribution is 1.07. The highest BCUT2D eigenvalue weighted by atomic mass is 15.0. The molecule has 222 valence electrons. The lowest BCUT2D eigenvalue weighted by Crippen LogP contribution is -2.00. The van der Waals surface area contributed by atoms with Crippen LogP contribution in [0.2, 0.25) is 0 Å². The number of aromatic nitrogens is 4. The summed E-state index contributed by atoms with van der Waals surface area (Å²) < 4.78 is 0. The summed E-state index contributed by atoms with van der Waals surface area (Å²) in [5.74, 6) is 1.89. The van der Waals surface area contributed by atoms with Crippen molar-refractivity contribution in [2.45, 2.75) is 0 Å². The van der Waals surface area contributed by atoms with E-state index in [2.05, 4.69) is 78.9 Å². The number of hydrogen-bond acceptors (Lipinski definition) is 5. The first kappa shape index (κ1) is 28.0. The highest BCUT2D eigenvalue weighted by Crippen LogP contribution is 2.36. The number of pyridine rings is 1. The molecule has 0 fully saturated rings. The maximum absolute atomic E-state index is 5.90. The second kappa shape index (κ2) is 12.1. The van der Waals surface area contributed by atoms with Crippen LogP contribution in [0.3, 0.4) is 0 Å². The van der Waals surface area contributed by atoms with E-state index < -0.39 is 0 Å². The zero-order valence-corrected chi connectivity index (χ0v) is 25.5. The standard InChI is InChI=1S/C42H29N5/c43-37-22-20-29(21-23-37)28-16-18-30(19-17-28)36-26-34-15-8-24-44-39(34)38(27-36)33-13-7-14-35(25-33)42-46-40(31-9-3-1-4-10-31)45-41(47-42)32-11-5-2-6-12-32/h1-27H,43H2. The molecular formula is C42H29N5. The van der Waals surface area contributed by atoms with E-state index in [4.69, 9.17) is 25.7 Å². The first-order valence-electron chi connectivity index (χ1n) is 15.5. The smallest absolute Gasteiger partial charge is 0.164 e. The zero-order chi connectivity index (χ0) is 31.6. The average molecular weight is 604 g/mol. The van der Waals surface area contributed by atoms with E-state index in [0.717, 1.165) is 66.7 Å². The van der Waals surface area contributed by atoms with Crippen molar-refractivity contribution >= 4 is 16.6 Å². The van der Waals surface area contributed by atoms with Crippen LogP contribution in [0.1, 0.15) is 0 Å². The molecule has 8 aromatic rings. The second-order valence-corrected chi connectivity index (χ2v) is 11.4. The molecule has 8 rings (SSSR count). The molecule has 2 N–H and O–H groups in total. The Kier molecular flexibility index (Phi) is 7.25. The van der Waals surface area contributed by atoms with Crippen LogP contribution in [0.5, 0.6) is 0 Å². The molecule has 0 spiro atoms. The summed E-state index contributed by atoms with van der Waals surface area (Å²) in [6.07, 6.45) is 1.85. The van der Waals surface area contributed by atoms with E-state index >= 15 is 0 Å². The van der Waals surface area contributed by atoms with Gasteiger partial charge in [0, 0.05) is 39.5 Å². The Morgan fingerprint density at radius 1 is 0.362 bits per heavy atom. The van der Waals surface area contributed by atoms with Gasteiger partial charge in [0.1, 0.15) is 0 Å². The maximum Gasteiger partial charge on any atom is 0.164 e. The van der Waals surface area contributed by atoms with Gasteiger partial charge in [0.2, 0.25) is 0 Å². The number of rotatable bonds is 6. The molecule has 0 aliphatic heterocycles. The van der Waals surface area contributed by atoms with Gasteiger partial charge in [-0.2, -0.15) is 0 Å². The van der Waals surface area contributed by atoms with Crippen molar-refractivity contribution in [3.8, 4) is 67.5 Å². The van der Waals surface area contributed by atoms with E-state index in [1.165, 1.54) is 0 Å². The minimum Gasteiger partial charge on any atom is -0.399 e. The number of hydrogen-bond donors (Lipinski definition) is 1. The molecule has 0 atom stereocenters.